The van der Waals surface area contributed by atoms with Crippen molar-refractivity contribution in [3.63, 3.8) is 0 Å². The first-order valence-electron chi connectivity index (χ1n) is 6.28. The molecule has 0 saturated heterocycles. The molecular weight excluding hydrogens is 240 g/mol. The predicted molar refractivity (Wildman–Crippen MR) is 76.1 cm³/mol. The zero-order valence-electron chi connectivity index (χ0n) is 11.3. The quantitative estimate of drug-likeness (QED) is 0.782. The minimum absolute atomic E-state index is 0.729. The van der Waals surface area contributed by atoms with Gasteiger partial charge < -0.3 is 14.5 Å². The van der Waals surface area contributed by atoms with Gasteiger partial charge in [0.1, 0.15) is 0 Å². The molecule has 19 heavy (non-hydrogen) atoms. The van der Waals surface area contributed by atoms with Crippen LogP contribution in [0.4, 0.5) is 0 Å². The number of fused-ring (bicyclic) bond motifs is 3. The molecule has 0 unspecified atom stereocenters. The van der Waals surface area contributed by atoms with Gasteiger partial charge in [-0.1, -0.05) is 6.92 Å². The second-order valence-corrected chi connectivity index (χ2v) is 4.45. The van der Waals surface area contributed by atoms with Crippen LogP contribution in [0.25, 0.3) is 21.8 Å². The molecule has 98 valence electrons. The molecule has 0 spiro atoms. The molecule has 0 saturated carbocycles. The van der Waals surface area contributed by atoms with E-state index in [0.717, 1.165) is 34.3 Å². The lowest BCUT2D eigenvalue weighted by Gasteiger charge is -2.07. The summed E-state index contributed by atoms with van der Waals surface area (Å²) in [6.45, 7) is 2.13. The van der Waals surface area contributed by atoms with Crippen LogP contribution in [0, 0.1) is 0 Å². The standard InChI is InChI=1S/C15H16N2O2/c1-4-9-7-16-8-12-15(9)10-5-13(18-2)14(19-3)6-11(10)17-12/h5-8,17H,4H2,1-3H3. The Kier molecular flexibility index (Phi) is 2.78. The largest absolute Gasteiger partial charge is 0.493 e. The Labute approximate surface area is 111 Å². The lowest BCUT2D eigenvalue weighted by atomic mass is 10.1. The van der Waals surface area contributed by atoms with E-state index in [1.165, 1.54) is 10.9 Å². The number of nitrogens with zero attached hydrogens (tertiary/aromatic N) is 1. The van der Waals surface area contributed by atoms with Gasteiger partial charge in [0.05, 0.1) is 31.4 Å². The summed E-state index contributed by atoms with van der Waals surface area (Å²) in [6.07, 6.45) is 4.73. The van der Waals surface area contributed by atoms with Gasteiger partial charge in [0.25, 0.3) is 0 Å². The maximum atomic E-state index is 5.38. The van der Waals surface area contributed by atoms with E-state index in [-0.39, 0.29) is 0 Å². The van der Waals surface area contributed by atoms with Crippen LogP contribution in [0.15, 0.2) is 24.5 Å². The molecule has 1 aromatic carbocycles. The van der Waals surface area contributed by atoms with Gasteiger partial charge in [-0.2, -0.15) is 0 Å². The summed E-state index contributed by atoms with van der Waals surface area (Å²) in [5.41, 5.74) is 3.32. The lowest BCUT2D eigenvalue weighted by molar-refractivity contribution is 0.356. The third kappa shape index (κ3) is 1.71. The maximum absolute atomic E-state index is 5.38. The molecule has 2 aromatic heterocycles. The average molecular weight is 256 g/mol. The fraction of sp³-hybridized carbons (Fsp3) is 0.267. The van der Waals surface area contributed by atoms with Gasteiger partial charge in [0, 0.05) is 23.0 Å². The molecule has 0 amide bonds. The van der Waals surface area contributed by atoms with Crippen LogP contribution >= 0.6 is 0 Å². The summed E-state index contributed by atoms with van der Waals surface area (Å²) in [5, 5.41) is 2.36. The van der Waals surface area contributed by atoms with Crippen molar-refractivity contribution >= 4 is 21.8 Å². The van der Waals surface area contributed by atoms with Crippen LogP contribution in [0.5, 0.6) is 11.5 Å². The van der Waals surface area contributed by atoms with Crippen molar-refractivity contribution in [3.8, 4) is 11.5 Å². The summed E-state index contributed by atoms with van der Waals surface area (Å²) < 4.78 is 10.7. The van der Waals surface area contributed by atoms with E-state index in [0.29, 0.717) is 0 Å². The van der Waals surface area contributed by atoms with Crippen molar-refractivity contribution in [2.45, 2.75) is 13.3 Å². The van der Waals surface area contributed by atoms with E-state index < -0.39 is 0 Å². The highest BCUT2D eigenvalue weighted by atomic mass is 16.5. The average Bonchev–Trinajstić information content (AvgIpc) is 2.82. The van der Waals surface area contributed by atoms with Gasteiger partial charge in [-0.15, -0.1) is 0 Å². The van der Waals surface area contributed by atoms with Crippen molar-refractivity contribution in [2.24, 2.45) is 0 Å². The second kappa shape index (κ2) is 4.46. The van der Waals surface area contributed by atoms with Crippen LogP contribution in [0.3, 0.4) is 0 Å². The number of aryl methyl sites for hydroxylation is 1. The molecule has 2 heterocycles. The monoisotopic (exact) mass is 256 g/mol. The summed E-state index contributed by atoms with van der Waals surface area (Å²) in [5.74, 6) is 1.47. The van der Waals surface area contributed by atoms with Gasteiger partial charge in [0.2, 0.25) is 0 Å². The van der Waals surface area contributed by atoms with Crippen molar-refractivity contribution in [2.75, 3.05) is 14.2 Å². The number of hydrogen-bond acceptors (Lipinski definition) is 3. The molecule has 0 aliphatic carbocycles. The second-order valence-electron chi connectivity index (χ2n) is 4.45. The molecular formula is C15H16N2O2. The Balaban J connectivity index is 2.43. The Bertz CT molecular complexity index is 747. The molecule has 4 nitrogen and oxygen atoms in total. The van der Waals surface area contributed by atoms with Gasteiger partial charge in [-0.25, -0.2) is 0 Å². The normalized spacial score (nSPS) is 11.1. The van der Waals surface area contributed by atoms with Crippen LogP contribution < -0.4 is 9.47 Å². The molecule has 0 bridgehead atoms. The Morgan fingerprint density at radius 2 is 1.79 bits per heavy atom. The first-order chi connectivity index (χ1) is 9.28. The van der Waals surface area contributed by atoms with E-state index in [1.807, 2.05) is 24.5 Å². The van der Waals surface area contributed by atoms with Gasteiger partial charge in [-0.3, -0.25) is 4.98 Å². The zero-order valence-corrected chi connectivity index (χ0v) is 11.3. The number of aromatic nitrogens is 2. The van der Waals surface area contributed by atoms with E-state index in [4.69, 9.17) is 9.47 Å². The lowest BCUT2D eigenvalue weighted by Crippen LogP contribution is -1.90. The Morgan fingerprint density at radius 3 is 2.47 bits per heavy atom. The summed E-state index contributed by atoms with van der Waals surface area (Å²) in [7, 11) is 3.30. The topological polar surface area (TPSA) is 47.1 Å². The molecule has 0 aliphatic heterocycles. The van der Waals surface area contributed by atoms with E-state index in [2.05, 4.69) is 16.9 Å². The minimum Gasteiger partial charge on any atom is -0.493 e. The maximum Gasteiger partial charge on any atom is 0.162 e. The van der Waals surface area contributed by atoms with Crippen molar-refractivity contribution in [1.29, 1.82) is 0 Å². The van der Waals surface area contributed by atoms with Crippen molar-refractivity contribution in [3.05, 3.63) is 30.1 Å². The highest BCUT2D eigenvalue weighted by Crippen LogP contribution is 2.36. The van der Waals surface area contributed by atoms with Crippen molar-refractivity contribution in [1.82, 2.24) is 9.97 Å². The van der Waals surface area contributed by atoms with Crippen LogP contribution in [-0.2, 0) is 6.42 Å². The number of methoxy groups -OCH3 is 2. The molecule has 0 atom stereocenters. The smallest absolute Gasteiger partial charge is 0.162 e. The van der Waals surface area contributed by atoms with Gasteiger partial charge in [0.15, 0.2) is 11.5 Å². The van der Waals surface area contributed by atoms with Gasteiger partial charge in [-0.05, 0) is 18.1 Å². The molecule has 0 aliphatic rings. The van der Waals surface area contributed by atoms with E-state index in [9.17, 15) is 0 Å². The van der Waals surface area contributed by atoms with Crippen molar-refractivity contribution < 1.29 is 9.47 Å². The first-order valence-corrected chi connectivity index (χ1v) is 6.28. The minimum atomic E-state index is 0.729. The van der Waals surface area contributed by atoms with E-state index in [1.54, 1.807) is 14.2 Å². The highest BCUT2D eigenvalue weighted by molar-refractivity contribution is 6.09. The predicted octanol–water partition coefficient (Wildman–Crippen LogP) is 3.30. The molecule has 3 aromatic rings. The number of ether oxygens (including phenoxy) is 2. The summed E-state index contributed by atoms with van der Waals surface area (Å²) >= 11 is 0. The molecule has 1 N–H and O–H groups in total. The number of rotatable bonds is 3. The number of pyridine rings is 1. The zero-order chi connectivity index (χ0) is 13.4. The number of hydrogen-bond donors (Lipinski definition) is 1. The Morgan fingerprint density at radius 1 is 1.05 bits per heavy atom. The number of H-pyrrole nitrogens is 1. The molecule has 3 rings (SSSR count). The van der Waals surface area contributed by atoms with Crippen LogP contribution in [0.1, 0.15) is 12.5 Å². The highest BCUT2D eigenvalue weighted by Gasteiger charge is 2.12. The van der Waals surface area contributed by atoms with E-state index >= 15 is 0 Å². The molecule has 0 fully saturated rings. The number of aromatic amines is 1. The fourth-order valence-corrected chi connectivity index (χ4v) is 2.52. The number of nitrogens with one attached hydrogen (secondary N) is 1. The van der Waals surface area contributed by atoms with Crippen LogP contribution in [0.2, 0.25) is 0 Å². The third-order valence-electron chi connectivity index (χ3n) is 3.47. The number of benzene rings is 1. The molecule has 0 radical (unpaired) electrons. The summed E-state index contributed by atoms with van der Waals surface area (Å²) in [4.78, 5) is 7.65. The fourth-order valence-electron chi connectivity index (χ4n) is 2.52. The van der Waals surface area contributed by atoms with Gasteiger partial charge >= 0.3 is 0 Å². The SMILES string of the molecule is CCc1cncc2[nH]c3cc(OC)c(OC)cc3c12. The first kappa shape index (κ1) is 11.8. The molecule has 4 heteroatoms. The third-order valence-corrected chi connectivity index (χ3v) is 3.47. The Hall–Kier alpha value is -2.23. The summed E-state index contributed by atoms with van der Waals surface area (Å²) in [6, 6.07) is 3.99. The van der Waals surface area contributed by atoms with Crippen LogP contribution in [-0.4, -0.2) is 24.2 Å².